The molecule has 0 aliphatic carbocycles. The molecule has 0 fully saturated rings. The van der Waals surface area contributed by atoms with Gasteiger partial charge in [0.1, 0.15) is 5.82 Å². The zero-order valence-electron chi connectivity index (χ0n) is 11.4. The van der Waals surface area contributed by atoms with Crippen LogP contribution in [-0.2, 0) is 11.3 Å². The van der Waals surface area contributed by atoms with Crippen molar-refractivity contribution in [2.24, 2.45) is 0 Å². The van der Waals surface area contributed by atoms with Gasteiger partial charge in [-0.25, -0.2) is 4.98 Å². The molecule has 0 aliphatic rings. The molecule has 1 rings (SSSR count). The van der Waals surface area contributed by atoms with Crippen LogP contribution >= 0.6 is 0 Å². The fourth-order valence-electron chi connectivity index (χ4n) is 2.14. The molecule has 0 saturated heterocycles. The van der Waals surface area contributed by atoms with Crippen LogP contribution in [-0.4, -0.2) is 28.8 Å². The van der Waals surface area contributed by atoms with Crippen molar-refractivity contribution >= 4 is 0 Å². The second kappa shape index (κ2) is 7.45. The quantitative estimate of drug-likeness (QED) is 0.757. The SMILES string of the molecule is CCNC(c1nccn1CC)C(CC)OCC. The largest absolute Gasteiger partial charge is 0.376 e. The number of hydrogen-bond acceptors (Lipinski definition) is 3. The minimum absolute atomic E-state index is 0.180. The Kier molecular flexibility index (Phi) is 6.22. The van der Waals surface area contributed by atoms with Crippen molar-refractivity contribution in [3.05, 3.63) is 18.2 Å². The lowest BCUT2D eigenvalue weighted by Gasteiger charge is -2.26. The topological polar surface area (TPSA) is 39.1 Å². The highest BCUT2D eigenvalue weighted by Gasteiger charge is 2.24. The molecule has 4 nitrogen and oxygen atoms in total. The van der Waals surface area contributed by atoms with Gasteiger partial charge in [-0.15, -0.1) is 0 Å². The first-order chi connectivity index (χ1) is 8.28. The van der Waals surface area contributed by atoms with Crippen LogP contribution < -0.4 is 5.32 Å². The van der Waals surface area contributed by atoms with E-state index in [1.165, 1.54) is 0 Å². The van der Waals surface area contributed by atoms with Crippen molar-refractivity contribution in [2.45, 2.75) is 52.8 Å². The zero-order chi connectivity index (χ0) is 12.7. The van der Waals surface area contributed by atoms with Crippen LogP contribution in [0.5, 0.6) is 0 Å². The smallest absolute Gasteiger partial charge is 0.128 e. The third kappa shape index (κ3) is 3.54. The van der Waals surface area contributed by atoms with Gasteiger partial charge in [0.2, 0.25) is 0 Å². The number of rotatable bonds is 8. The van der Waals surface area contributed by atoms with E-state index in [9.17, 15) is 0 Å². The number of aromatic nitrogens is 2. The molecule has 1 aromatic heterocycles. The van der Waals surface area contributed by atoms with Gasteiger partial charge in [0.05, 0.1) is 12.1 Å². The van der Waals surface area contributed by atoms with Gasteiger partial charge >= 0.3 is 0 Å². The fourth-order valence-corrected chi connectivity index (χ4v) is 2.14. The number of imidazole rings is 1. The molecule has 2 unspecified atom stereocenters. The first-order valence-electron chi connectivity index (χ1n) is 6.64. The molecule has 0 amide bonds. The average molecular weight is 239 g/mol. The molecule has 0 radical (unpaired) electrons. The van der Waals surface area contributed by atoms with Gasteiger partial charge in [-0.05, 0) is 26.8 Å². The van der Waals surface area contributed by atoms with E-state index in [-0.39, 0.29) is 12.1 Å². The van der Waals surface area contributed by atoms with Crippen LogP contribution in [0.25, 0.3) is 0 Å². The second-order valence-electron chi connectivity index (χ2n) is 4.01. The molecule has 0 spiro atoms. The van der Waals surface area contributed by atoms with E-state index in [2.05, 4.69) is 35.6 Å². The van der Waals surface area contributed by atoms with E-state index in [0.29, 0.717) is 0 Å². The van der Waals surface area contributed by atoms with Gasteiger partial charge in [-0.2, -0.15) is 0 Å². The van der Waals surface area contributed by atoms with E-state index in [0.717, 1.165) is 31.9 Å². The van der Waals surface area contributed by atoms with E-state index >= 15 is 0 Å². The lowest BCUT2D eigenvalue weighted by molar-refractivity contribution is 0.0287. The van der Waals surface area contributed by atoms with Crippen molar-refractivity contribution < 1.29 is 4.74 Å². The van der Waals surface area contributed by atoms with Crippen molar-refractivity contribution in [1.29, 1.82) is 0 Å². The second-order valence-corrected chi connectivity index (χ2v) is 4.01. The molecule has 0 saturated carbocycles. The first-order valence-corrected chi connectivity index (χ1v) is 6.64. The lowest BCUT2D eigenvalue weighted by Crippen LogP contribution is -2.35. The monoisotopic (exact) mass is 239 g/mol. The third-order valence-electron chi connectivity index (χ3n) is 2.95. The van der Waals surface area contributed by atoms with E-state index in [4.69, 9.17) is 4.74 Å². The highest BCUT2D eigenvalue weighted by Crippen LogP contribution is 2.20. The van der Waals surface area contributed by atoms with Crippen molar-refractivity contribution in [1.82, 2.24) is 14.9 Å². The molecule has 98 valence electrons. The number of ether oxygens (including phenoxy) is 1. The number of likely N-dealkylation sites (N-methyl/N-ethyl adjacent to an activating group) is 1. The van der Waals surface area contributed by atoms with Crippen molar-refractivity contribution in [3.8, 4) is 0 Å². The molecule has 1 N–H and O–H groups in total. The maximum Gasteiger partial charge on any atom is 0.128 e. The molecule has 4 heteroatoms. The van der Waals surface area contributed by atoms with Gasteiger partial charge in [0.15, 0.2) is 0 Å². The van der Waals surface area contributed by atoms with Gasteiger partial charge < -0.3 is 14.6 Å². The van der Waals surface area contributed by atoms with Gasteiger partial charge in [0.25, 0.3) is 0 Å². The summed E-state index contributed by atoms with van der Waals surface area (Å²) in [6.07, 6.45) is 5.06. The van der Waals surface area contributed by atoms with E-state index in [1.807, 2.05) is 19.3 Å². The normalized spacial score (nSPS) is 14.8. The zero-order valence-corrected chi connectivity index (χ0v) is 11.4. The standard InChI is InChI=1S/C13H25N3O/c1-5-11(17-8-4)12(14-6-2)13-15-9-10-16(13)7-3/h9-12,14H,5-8H2,1-4H3. The van der Waals surface area contributed by atoms with Gasteiger partial charge in [0, 0.05) is 25.5 Å². The highest BCUT2D eigenvalue weighted by molar-refractivity contribution is 5.02. The predicted octanol–water partition coefficient (Wildman–Crippen LogP) is 2.37. The highest BCUT2D eigenvalue weighted by atomic mass is 16.5. The molecule has 1 aromatic rings. The Hall–Kier alpha value is -0.870. The Bertz CT molecular complexity index is 311. The summed E-state index contributed by atoms with van der Waals surface area (Å²) in [5, 5.41) is 3.49. The molecule has 0 aliphatic heterocycles. The lowest BCUT2D eigenvalue weighted by atomic mass is 10.1. The van der Waals surface area contributed by atoms with Crippen LogP contribution in [0.2, 0.25) is 0 Å². The maximum atomic E-state index is 5.81. The van der Waals surface area contributed by atoms with Gasteiger partial charge in [-0.1, -0.05) is 13.8 Å². The summed E-state index contributed by atoms with van der Waals surface area (Å²) >= 11 is 0. The van der Waals surface area contributed by atoms with Crippen LogP contribution in [0.3, 0.4) is 0 Å². The molecular weight excluding hydrogens is 214 g/mol. The minimum Gasteiger partial charge on any atom is -0.376 e. The Morgan fingerprint density at radius 3 is 2.65 bits per heavy atom. The Labute approximate surface area is 104 Å². The summed E-state index contributed by atoms with van der Waals surface area (Å²) < 4.78 is 7.99. The summed E-state index contributed by atoms with van der Waals surface area (Å²) in [6, 6.07) is 0.180. The minimum atomic E-state index is 0.180. The summed E-state index contributed by atoms with van der Waals surface area (Å²) in [4.78, 5) is 4.48. The van der Waals surface area contributed by atoms with Crippen LogP contribution in [0.1, 0.15) is 46.0 Å². The van der Waals surface area contributed by atoms with E-state index in [1.54, 1.807) is 0 Å². The summed E-state index contributed by atoms with van der Waals surface area (Å²) in [5.74, 6) is 1.08. The molecule has 1 heterocycles. The summed E-state index contributed by atoms with van der Waals surface area (Å²) in [6.45, 7) is 11.1. The van der Waals surface area contributed by atoms with Crippen LogP contribution in [0, 0.1) is 0 Å². The molecule has 17 heavy (non-hydrogen) atoms. The van der Waals surface area contributed by atoms with E-state index < -0.39 is 0 Å². The number of nitrogens with one attached hydrogen (secondary N) is 1. The van der Waals surface area contributed by atoms with Crippen LogP contribution in [0.15, 0.2) is 12.4 Å². The Balaban J connectivity index is 2.90. The fraction of sp³-hybridized carbons (Fsp3) is 0.769. The van der Waals surface area contributed by atoms with Gasteiger partial charge in [-0.3, -0.25) is 0 Å². The number of aryl methyl sites for hydroxylation is 1. The molecule has 2 atom stereocenters. The predicted molar refractivity (Wildman–Crippen MR) is 70.0 cm³/mol. The molecule has 0 aromatic carbocycles. The number of hydrogen-bond donors (Lipinski definition) is 1. The van der Waals surface area contributed by atoms with Crippen LogP contribution in [0.4, 0.5) is 0 Å². The third-order valence-corrected chi connectivity index (χ3v) is 2.95. The first kappa shape index (κ1) is 14.2. The van der Waals surface area contributed by atoms with Crippen molar-refractivity contribution in [2.75, 3.05) is 13.2 Å². The van der Waals surface area contributed by atoms with Crippen molar-refractivity contribution in [3.63, 3.8) is 0 Å². The number of nitrogens with zero attached hydrogens (tertiary/aromatic N) is 2. The summed E-state index contributed by atoms with van der Waals surface area (Å²) in [5.41, 5.74) is 0. The average Bonchev–Trinajstić information content (AvgIpc) is 2.81. The summed E-state index contributed by atoms with van der Waals surface area (Å²) in [7, 11) is 0. The molecule has 0 bridgehead atoms. The Morgan fingerprint density at radius 1 is 1.35 bits per heavy atom. The Morgan fingerprint density at radius 2 is 2.12 bits per heavy atom. The molecular formula is C13H25N3O. The maximum absolute atomic E-state index is 5.81.